The molecule has 1 aromatic heterocycles. The van der Waals surface area contributed by atoms with Crippen molar-refractivity contribution in [3.05, 3.63) is 77.2 Å². The Morgan fingerprint density at radius 1 is 1.07 bits per heavy atom. The van der Waals surface area contributed by atoms with Gasteiger partial charge in [0, 0.05) is 11.3 Å². The summed E-state index contributed by atoms with van der Waals surface area (Å²) in [4.78, 5) is 12.1. The Morgan fingerprint density at radius 2 is 1.77 bits per heavy atom. The molecule has 7 nitrogen and oxygen atoms in total. The first-order valence-electron chi connectivity index (χ1n) is 8.38. The fourth-order valence-electron chi connectivity index (χ4n) is 2.28. The summed E-state index contributed by atoms with van der Waals surface area (Å²) in [5.74, 6) is -0.488. The molecule has 30 heavy (non-hydrogen) atoms. The maximum absolute atomic E-state index is 12.2. The second-order valence-electron chi connectivity index (χ2n) is 5.76. The Bertz CT molecular complexity index is 1120. The third-order valence-electron chi connectivity index (χ3n) is 3.64. The molecule has 0 aliphatic rings. The van der Waals surface area contributed by atoms with Crippen molar-refractivity contribution in [3.8, 4) is 5.75 Å². The summed E-state index contributed by atoms with van der Waals surface area (Å²) >= 11 is 1.10. The maximum atomic E-state index is 12.2. The minimum Gasteiger partial charge on any atom is -0.435 e. The molecular weight excluding hydrogens is 436 g/mol. The first-order chi connectivity index (χ1) is 14.3. The Hall–Kier alpha value is -3.31. The van der Waals surface area contributed by atoms with Crippen molar-refractivity contribution in [2.45, 2.75) is 10.8 Å². The molecule has 0 aliphatic heterocycles. The van der Waals surface area contributed by atoms with Crippen LogP contribution in [0.2, 0.25) is 0 Å². The van der Waals surface area contributed by atoms with Gasteiger partial charge < -0.3 is 4.74 Å². The number of carbonyl (C=O) groups excluding carboxylic acids is 1. The van der Waals surface area contributed by atoms with Crippen LogP contribution in [-0.2, 0) is 10.0 Å². The number of alkyl halides is 2. The fourth-order valence-corrected chi connectivity index (χ4v) is 4.33. The van der Waals surface area contributed by atoms with Crippen molar-refractivity contribution in [2.75, 3.05) is 4.72 Å². The standard InChI is InChI=1S/C19H15F2N3O4S2/c20-19(21)28-16-9-3-13(4-10-16)12-22-23-18(25)14-5-7-15(8-6-14)24-30(26,27)17-2-1-11-29-17/h1-12,19,24H,(H,23,25)/b22-12-. The first-order valence-corrected chi connectivity index (χ1v) is 10.7. The number of hydrazone groups is 1. The van der Waals surface area contributed by atoms with E-state index in [-0.39, 0.29) is 15.5 Å². The molecule has 0 aliphatic carbocycles. The number of nitrogens with one attached hydrogen (secondary N) is 2. The Kier molecular flexibility index (Phi) is 6.75. The highest BCUT2D eigenvalue weighted by Gasteiger charge is 2.15. The van der Waals surface area contributed by atoms with Crippen LogP contribution in [0.15, 0.2) is 75.4 Å². The Balaban J connectivity index is 1.56. The highest BCUT2D eigenvalue weighted by Crippen LogP contribution is 2.20. The zero-order chi connectivity index (χ0) is 21.6. The van der Waals surface area contributed by atoms with Gasteiger partial charge in [-0.25, -0.2) is 13.8 Å². The molecule has 0 spiro atoms. The predicted molar refractivity (Wildman–Crippen MR) is 110 cm³/mol. The average Bonchev–Trinajstić information content (AvgIpc) is 3.25. The molecule has 0 bridgehead atoms. The molecular formula is C19H15F2N3O4S2. The summed E-state index contributed by atoms with van der Waals surface area (Å²) in [6, 6.07) is 14.7. The highest BCUT2D eigenvalue weighted by molar-refractivity contribution is 7.94. The van der Waals surface area contributed by atoms with Crippen LogP contribution in [0, 0.1) is 0 Å². The minimum absolute atomic E-state index is 0.0148. The van der Waals surface area contributed by atoms with E-state index in [2.05, 4.69) is 20.0 Å². The summed E-state index contributed by atoms with van der Waals surface area (Å²) in [5, 5.41) is 5.46. The van der Waals surface area contributed by atoms with Crippen LogP contribution >= 0.6 is 11.3 Å². The molecule has 1 amide bonds. The monoisotopic (exact) mass is 451 g/mol. The van der Waals surface area contributed by atoms with Gasteiger partial charge in [0.2, 0.25) is 0 Å². The van der Waals surface area contributed by atoms with Gasteiger partial charge in [0.05, 0.1) is 6.21 Å². The van der Waals surface area contributed by atoms with Crippen molar-refractivity contribution < 1.29 is 26.7 Å². The van der Waals surface area contributed by atoms with E-state index in [1.54, 1.807) is 11.4 Å². The van der Waals surface area contributed by atoms with Gasteiger partial charge in [-0.1, -0.05) is 6.07 Å². The van der Waals surface area contributed by atoms with Crippen molar-refractivity contribution in [2.24, 2.45) is 5.10 Å². The molecule has 2 N–H and O–H groups in total. The van der Waals surface area contributed by atoms with Crippen LogP contribution in [0.4, 0.5) is 14.5 Å². The van der Waals surface area contributed by atoms with Gasteiger partial charge in [-0.3, -0.25) is 9.52 Å². The number of rotatable bonds is 8. The smallest absolute Gasteiger partial charge is 0.387 e. The van der Waals surface area contributed by atoms with E-state index in [0.717, 1.165) is 11.3 Å². The normalized spacial score (nSPS) is 11.6. The van der Waals surface area contributed by atoms with Crippen LogP contribution in [0.5, 0.6) is 5.75 Å². The number of hydrogen-bond acceptors (Lipinski definition) is 6. The molecule has 0 saturated heterocycles. The van der Waals surface area contributed by atoms with Crippen molar-refractivity contribution in [3.63, 3.8) is 0 Å². The van der Waals surface area contributed by atoms with Crippen molar-refractivity contribution in [1.82, 2.24) is 5.43 Å². The van der Waals surface area contributed by atoms with Gasteiger partial charge in [-0.15, -0.1) is 11.3 Å². The molecule has 0 atom stereocenters. The summed E-state index contributed by atoms with van der Waals surface area (Å²) in [7, 11) is -3.66. The number of carbonyl (C=O) groups is 1. The highest BCUT2D eigenvalue weighted by atomic mass is 32.2. The minimum atomic E-state index is -3.66. The maximum Gasteiger partial charge on any atom is 0.387 e. The lowest BCUT2D eigenvalue weighted by Crippen LogP contribution is -2.17. The Labute approximate surface area is 175 Å². The number of hydrogen-bond donors (Lipinski definition) is 2. The number of thiophene rings is 1. The number of halogens is 2. The third-order valence-corrected chi connectivity index (χ3v) is 6.42. The fraction of sp³-hybridized carbons (Fsp3) is 0.0526. The number of sulfonamides is 1. The number of benzene rings is 2. The predicted octanol–water partition coefficient (Wildman–Crippen LogP) is 3.91. The van der Waals surface area contributed by atoms with Crippen LogP contribution < -0.4 is 14.9 Å². The lowest BCUT2D eigenvalue weighted by molar-refractivity contribution is -0.0498. The van der Waals surface area contributed by atoms with Gasteiger partial charge in [-0.2, -0.15) is 13.9 Å². The lowest BCUT2D eigenvalue weighted by Gasteiger charge is -2.07. The van der Waals surface area contributed by atoms with Crippen LogP contribution in [0.3, 0.4) is 0 Å². The van der Waals surface area contributed by atoms with E-state index in [0.29, 0.717) is 11.3 Å². The van der Waals surface area contributed by atoms with Crippen LogP contribution in [0.25, 0.3) is 0 Å². The lowest BCUT2D eigenvalue weighted by atomic mass is 10.2. The van der Waals surface area contributed by atoms with Gasteiger partial charge in [-0.05, 0) is 65.5 Å². The molecule has 0 radical (unpaired) electrons. The molecule has 156 valence electrons. The summed E-state index contributed by atoms with van der Waals surface area (Å²) in [6.07, 6.45) is 1.34. The molecule has 0 unspecified atom stereocenters. The van der Waals surface area contributed by atoms with Gasteiger partial charge in [0.15, 0.2) is 0 Å². The summed E-state index contributed by atoms with van der Waals surface area (Å²) < 4.78 is 55.5. The molecule has 3 rings (SSSR count). The van der Waals surface area contributed by atoms with E-state index in [9.17, 15) is 22.0 Å². The van der Waals surface area contributed by atoms with Crippen LogP contribution in [-0.4, -0.2) is 27.2 Å². The molecule has 11 heteroatoms. The van der Waals surface area contributed by atoms with Gasteiger partial charge in [0.25, 0.3) is 15.9 Å². The quantitative estimate of drug-likeness (QED) is 0.401. The number of ether oxygens (including phenoxy) is 1. The Morgan fingerprint density at radius 3 is 2.37 bits per heavy atom. The van der Waals surface area contributed by atoms with E-state index in [4.69, 9.17) is 0 Å². The zero-order valence-electron chi connectivity index (χ0n) is 15.2. The molecule has 0 saturated carbocycles. The van der Waals surface area contributed by atoms with Crippen LogP contribution in [0.1, 0.15) is 15.9 Å². The van der Waals surface area contributed by atoms with E-state index >= 15 is 0 Å². The number of anilines is 1. The zero-order valence-corrected chi connectivity index (χ0v) is 16.8. The summed E-state index contributed by atoms with van der Waals surface area (Å²) in [5.41, 5.74) is 3.48. The average molecular weight is 451 g/mol. The largest absolute Gasteiger partial charge is 0.435 e. The summed E-state index contributed by atoms with van der Waals surface area (Å²) in [6.45, 7) is -2.90. The molecule has 3 aromatic rings. The number of amides is 1. The molecule has 2 aromatic carbocycles. The molecule has 0 fully saturated rings. The van der Waals surface area contributed by atoms with E-state index < -0.39 is 22.5 Å². The van der Waals surface area contributed by atoms with E-state index in [1.165, 1.54) is 60.8 Å². The van der Waals surface area contributed by atoms with Crippen molar-refractivity contribution >= 4 is 39.2 Å². The van der Waals surface area contributed by atoms with Gasteiger partial charge in [0.1, 0.15) is 9.96 Å². The number of nitrogens with zero attached hydrogens (tertiary/aromatic N) is 1. The third kappa shape index (κ3) is 5.84. The second-order valence-corrected chi connectivity index (χ2v) is 8.62. The molecule has 1 heterocycles. The SMILES string of the molecule is O=C(N/N=C\c1ccc(OC(F)F)cc1)c1ccc(NS(=O)(=O)c2cccs2)cc1. The topological polar surface area (TPSA) is 96.9 Å². The van der Waals surface area contributed by atoms with E-state index in [1.807, 2.05) is 0 Å². The second kappa shape index (κ2) is 9.46. The first kappa shape index (κ1) is 21.4. The van der Waals surface area contributed by atoms with Crippen molar-refractivity contribution in [1.29, 1.82) is 0 Å². The van der Waals surface area contributed by atoms with Gasteiger partial charge >= 0.3 is 6.61 Å².